The molecule has 0 saturated heterocycles. The van der Waals surface area contributed by atoms with Crippen LogP contribution in [0.25, 0.3) is 0 Å². The molecule has 0 unspecified atom stereocenters. The number of hydrogen-bond donors (Lipinski definition) is 1. The van der Waals surface area contributed by atoms with Gasteiger partial charge in [-0.15, -0.1) is 0 Å². The molecule has 104 valence electrons. The molecule has 0 aliphatic rings. The van der Waals surface area contributed by atoms with E-state index in [2.05, 4.69) is 6.07 Å². The number of hydrogen-bond acceptors (Lipinski definition) is 2. The summed E-state index contributed by atoms with van der Waals surface area (Å²) < 4.78 is 0. The molecule has 2 aromatic carbocycles. The first-order chi connectivity index (χ1) is 9.45. The van der Waals surface area contributed by atoms with E-state index in [-0.39, 0.29) is 5.91 Å². The Balaban J connectivity index is 2.14. The fraction of sp³-hybridized carbons (Fsp3) is 0.235. The van der Waals surface area contributed by atoms with Gasteiger partial charge in [-0.25, -0.2) is 0 Å². The molecule has 2 N–H and O–H groups in total. The van der Waals surface area contributed by atoms with Crippen LogP contribution in [0.5, 0.6) is 0 Å². The number of carbonyl (C=O) groups excluding carboxylic acids is 1. The monoisotopic (exact) mass is 268 g/mol. The van der Waals surface area contributed by atoms with Crippen LogP contribution in [0.15, 0.2) is 42.5 Å². The minimum absolute atomic E-state index is 0.0358. The average Bonchev–Trinajstić information content (AvgIpc) is 2.39. The molecule has 0 bridgehead atoms. The number of nitrogen functional groups attached to an aromatic ring is 1. The Morgan fingerprint density at radius 1 is 1.05 bits per heavy atom. The summed E-state index contributed by atoms with van der Waals surface area (Å²) in [5.41, 5.74) is 10.4. The summed E-state index contributed by atoms with van der Waals surface area (Å²) in [6, 6.07) is 13.5. The Bertz CT molecular complexity index is 597. The quantitative estimate of drug-likeness (QED) is 0.869. The van der Waals surface area contributed by atoms with Crippen molar-refractivity contribution in [3.8, 4) is 0 Å². The largest absolute Gasteiger partial charge is 0.399 e. The van der Waals surface area contributed by atoms with Gasteiger partial charge in [0.15, 0.2) is 0 Å². The lowest BCUT2D eigenvalue weighted by Gasteiger charge is -2.18. The van der Waals surface area contributed by atoms with Crippen LogP contribution < -0.4 is 5.73 Å². The summed E-state index contributed by atoms with van der Waals surface area (Å²) in [5.74, 6) is 0.0358. The highest BCUT2D eigenvalue weighted by Crippen LogP contribution is 2.13. The first kappa shape index (κ1) is 14.1. The number of nitrogens with two attached hydrogens (primary N) is 1. The predicted molar refractivity (Wildman–Crippen MR) is 82.6 cm³/mol. The average molecular weight is 268 g/mol. The van der Waals surface area contributed by atoms with Crippen LogP contribution in [0, 0.1) is 13.8 Å². The van der Waals surface area contributed by atoms with Crippen molar-refractivity contribution in [1.29, 1.82) is 0 Å². The van der Waals surface area contributed by atoms with Gasteiger partial charge in [-0.05, 0) is 43.7 Å². The highest BCUT2D eigenvalue weighted by Gasteiger charge is 2.12. The zero-order valence-corrected chi connectivity index (χ0v) is 12.2. The molecule has 0 radical (unpaired) electrons. The Hall–Kier alpha value is -2.29. The van der Waals surface area contributed by atoms with Crippen molar-refractivity contribution in [3.63, 3.8) is 0 Å². The molecule has 0 aliphatic carbocycles. The maximum absolute atomic E-state index is 12.4. The lowest BCUT2D eigenvalue weighted by molar-refractivity contribution is 0.0785. The van der Waals surface area contributed by atoms with E-state index in [9.17, 15) is 4.79 Å². The number of nitrogens with zero attached hydrogens (tertiary/aromatic N) is 1. The molecule has 0 fully saturated rings. The maximum Gasteiger partial charge on any atom is 0.253 e. The zero-order chi connectivity index (χ0) is 14.7. The number of benzene rings is 2. The summed E-state index contributed by atoms with van der Waals surface area (Å²) in [6.07, 6.45) is 0. The Morgan fingerprint density at radius 3 is 2.15 bits per heavy atom. The fourth-order valence-electron chi connectivity index (χ4n) is 2.29. The Kier molecular flexibility index (Phi) is 4.08. The van der Waals surface area contributed by atoms with Crippen molar-refractivity contribution in [3.05, 3.63) is 64.7 Å². The van der Waals surface area contributed by atoms with Crippen molar-refractivity contribution >= 4 is 11.6 Å². The van der Waals surface area contributed by atoms with E-state index in [0.29, 0.717) is 6.54 Å². The third-order valence-corrected chi connectivity index (χ3v) is 3.21. The van der Waals surface area contributed by atoms with Crippen molar-refractivity contribution in [1.82, 2.24) is 4.90 Å². The highest BCUT2D eigenvalue weighted by molar-refractivity contribution is 5.94. The van der Waals surface area contributed by atoms with E-state index in [1.165, 1.54) is 0 Å². The molecule has 0 saturated carbocycles. The summed E-state index contributed by atoms with van der Waals surface area (Å²) in [5, 5.41) is 0. The molecular formula is C17H20N2O. The standard InChI is InChI=1S/C17H20N2O/c1-12-8-13(2)10-15(9-12)17(20)19(3)11-14-4-6-16(18)7-5-14/h4-10H,11,18H2,1-3H3. The second-order valence-corrected chi connectivity index (χ2v) is 5.28. The molecule has 3 heteroatoms. The van der Waals surface area contributed by atoms with E-state index in [4.69, 9.17) is 5.73 Å². The number of anilines is 1. The maximum atomic E-state index is 12.4. The van der Waals surface area contributed by atoms with Crippen LogP contribution in [0.3, 0.4) is 0 Å². The van der Waals surface area contributed by atoms with Gasteiger partial charge in [0.2, 0.25) is 0 Å². The van der Waals surface area contributed by atoms with Gasteiger partial charge in [-0.1, -0.05) is 29.3 Å². The van der Waals surface area contributed by atoms with E-state index >= 15 is 0 Å². The zero-order valence-electron chi connectivity index (χ0n) is 12.2. The van der Waals surface area contributed by atoms with E-state index in [1.54, 1.807) is 4.90 Å². The molecule has 0 aliphatic heterocycles. The van der Waals surface area contributed by atoms with Gasteiger partial charge < -0.3 is 10.6 Å². The second kappa shape index (κ2) is 5.78. The van der Waals surface area contributed by atoms with Crippen LogP contribution in [0.1, 0.15) is 27.0 Å². The molecular weight excluding hydrogens is 248 g/mol. The van der Waals surface area contributed by atoms with Gasteiger partial charge in [-0.2, -0.15) is 0 Å². The summed E-state index contributed by atoms with van der Waals surface area (Å²) in [7, 11) is 1.82. The van der Waals surface area contributed by atoms with Gasteiger partial charge in [0, 0.05) is 24.8 Å². The van der Waals surface area contributed by atoms with E-state index in [1.807, 2.05) is 57.3 Å². The number of rotatable bonds is 3. The van der Waals surface area contributed by atoms with E-state index in [0.717, 1.165) is 27.9 Å². The van der Waals surface area contributed by atoms with Crippen LogP contribution in [-0.4, -0.2) is 17.9 Å². The SMILES string of the molecule is Cc1cc(C)cc(C(=O)N(C)Cc2ccc(N)cc2)c1. The predicted octanol–water partition coefficient (Wildman–Crippen LogP) is 3.16. The van der Waals surface area contributed by atoms with Crippen molar-refractivity contribution in [2.24, 2.45) is 0 Å². The fourth-order valence-corrected chi connectivity index (χ4v) is 2.29. The Labute approximate surface area is 120 Å². The molecule has 2 aromatic rings. The third-order valence-electron chi connectivity index (χ3n) is 3.21. The van der Waals surface area contributed by atoms with Crippen molar-refractivity contribution < 1.29 is 4.79 Å². The normalized spacial score (nSPS) is 10.3. The van der Waals surface area contributed by atoms with Crippen LogP contribution in [0.4, 0.5) is 5.69 Å². The topological polar surface area (TPSA) is 46.3 Å². The van der Waals surface area contributed by atoms with Gasteiger partial charge in [-0.3, -0.25) is 4.79 Å². The molecule has 0 spiro atoms. The summed E-state index contributed by atoms with van der Waals surface area (Å²) >= 11 is 0. The first-order valence-electron chi connectivity index (χ1n) is 6.64. The van der Waals surface area contributed by atoms with Gasteiger partial charge >= 0.3 is 0 Å². The number of aryl methyl sites for hydroxylation is 2. The van der Waals surface area contributed by atoms with Gasteiger partial charge in [0.25, 0.3) is 5.91 Å². The molecule has 0 heterocycles. The Morgan fingerprint density at radius 2 is 1.60 bits per heavy atom. The second-order valence-electron chi connectivity index (χ2n) is 5.28. The van der Waals surface area contributed by atoms with E-state index < -0.39 is 0 Å². The third kappa shape index (κ3) is 3.38. The van der Waals surface area contributed by atoms with Crippen molar-refractivity contribution in [2.45, 2.75) is 20.4 Å². The van der Waals surface area contributed by atoms with Crippen LogP contribution in [0.2, 0.25) is 0 Å². The summed E-state index contributed by atoms with van der Waals surface area (Å²) in [6.45, 7) is 4.58. The molecule has 0 aromatic heterocycles. The van der Waals surface area contributed by atoms with Crippen molar-refractivity contribution in [2.75, 3.05) is 12.8 Å². The molecule has 3 nitrogen and oxygen atoms in total. The highest BCUT2D eigenvalue weighted by atomic mass is 16.2. The first-order valence-corrected chi connectivity index (χ1v) is 6.64. The van der Waals surface area contributed by atoms with Gasteiger partial charge in [0.05, 0.1) is 0 Å². The minimum atomic E-state index is 0.0358. The van der Waals surface area contributed by atoms with Crippen LogP contribution in [-0.2, 0) is 6.54 Å². The minimum Gasteiger partial charge on any atom is -0.399 e. The summed E-state index contributed by atoms with van der Waals surface area (Å²) in [4.78, 5) is 14.1. The molecule has 1 amide bonds. The van der Waals surface area contributed by atoms with Crippen LogP contribution >= 0.6 is 0 Å². The van der Waals surface area contributed by atoms with Gasteiger partial charge in [0.1, 0.15) is 0 Å². The molecule has 2 rings (SSSR count). The lowest BCUT2D eigenvalue weighted by atomic mass is 10.1. The molecule has 0 atom stereocenters. The smallest absolute Gasteiger partial charge is 0.253 e. The lowest BCUT2D eigenvalue weighted by Crippen LogP contribution is -2.26. The number of amides is 1. The molecule has 20 heavy (non-hydrogen) atoms. The number of carbonyl (C=O) groups is 1.